The molecule has 0 spiro atoms. The van der Waals surface area contributed by atoms with Gasteiger partial charge < -0.3 is 5.11 Å². The summed E-state index contributed by atoms with van der Waals surface area (Å²) in [4.78, 5) is 15.0. The van der Waals surface area contributed by atoms with Crippen LogP contribution in [0, 0.1) is 0 Å². The van der Waals surface area contributed by atoms with E-state index < -0.39 is 16.0 Å². The van der Waals surface area contributed by atoms with E-state index in [2.05, 4.69) is 4.98 Å². The average Bonchev–Trinajstić information content (AvgIpc) is 2.97. The van der Waals surface area contributed by atoms with Gasteiger partial charge in [-0.3, -0.25) is 0 Å². The molecule has 6 nitrogen and oxygen atoms in total. The van der Waals surface area contributed by atoms with Gasteiger partial charge in [-0.25, -0.2) is 22.5 Å². The third-order valence-corrected chi connectivity index (χ3v) is 5.34. The number of fused-ring (bicyclic) bond motifs is 1. The molecule has 0 unspecified atom stereocenters. The number of aliphatic carboxylic acids is 1. The monoisotopic (exact) mass is 330 g/mol. The summed E-state index contributed by atoms with van der Waals surface area (Å²) in [6.45, 7) is 0.325. The van der Waals surface area contributed by atoms with E-state index in [9.17, 15) is 13.2 Å². The maximum absolute atomic E-state index is 12.7. The molecule has 1 aliphatic heterocycles. The van der Waals surface area contributed by atoms with Gasteiger partial charge in [-0.15, -0.1) is 0 Å². The molecule has 1 aromatic heterocycles. The van der Waals surface area contributed by atoms with Crippen molar-refractivity contribution in [3.8, 4) is 0 Å². The minimum atomic E-state index is -3.63. The van der Waals surface area contributed by atoms with E-state index in [1.165, 1.54) is 16.6 Å². The fourth-order valence-corrected chi connectivity index (χ4v) is 3.95. The second-order valence-corrected chi connectivity index (χ2v) is 6.93. The molecule has 2 aromatic rings. The molecule has 0 aliphatic carbocycles. The van der Waals surface area contributed by atoms with Crippen molar-refractivity contribution in [1.29, 1.82) is 0 Å². The van der Waals surface area contributed by atoms with Gasteiger partial charge in [-0.05, 0) is 41.8 Å². The Hall–Kier alpha value is -2.67. The molecule has 0 amide bonds. The molecule has 0 saturated carbocycles. The molecule has 7 heteroatoms. The summed E-state index contributed by atoms with van der Waals surface area (Å²) in [5.41, 5.74) is 1.42. The molecular formula is C16H14N2O4S. The van der Waals surface area contributed by atoms with Crippen LogP contribution in [-0.4, -0.2) is 31.0 Å². The number of carbonyl (C=O) groups is 1. The summed E-state index contributed by atoms with van der Waals surface area (Å²) in [6.07, 6.45) is 4.47. The molecule has 2 heterocycles. The van der Waals surface area contributed by atoms with Crippen molar-refractivity contribution in [2.45, 2.75) is 11.3 Å². The van der Waals surface area contributed by atoms with Crippen molar-refractivity contribution in [2.24, 2.45) is 0 Å². The number of hydrogen-bond acceptors (Lipinski definition) is 4. The fourth-order valence-electron chi connectivity index (χ4n) is 2.47. The molecule has 3 rings (SSSR count). The summed E-state index contributed by atoms with van der Waals surface area (Å²) in [5, 5.41) is 8.65. The minimum absolute atomic E-state index is 0.226. The standard InChI is InChI=1S/C16H14N2O4S/c19-15(20)7-6-12-10-13-8-9-18(16(13)17-11-12)23(21,22)14-4-2-1-3-5-14/h1-7,10-11H,8-9H2,(H,19,20)/b7-6+. The van der Waals surface area contributed by atoms with Crippen LogP contribution in [-0.2, 0) is 21.2 Å². The van der Waals surface area contributed by atoms with Crippen molar-refractivity contribution < 1.29 is 18.3 Å². The molecule has 1 N–H and O–H groups in total. The molecule has 0 atom stereocenters. The predicted octanol–water partition coefficient (Wildman–Crippen LogP) is 1.93. The van der Waals surface area contributed by atoms with Crippen molar-refractivity contribution >= 4 is 27.9 Å². The lowest BCUT2D eigenvalue weighted by Gasteiger charge is -2.18. The van der Waals surface area contributed by atoms with E-state index in [0.29, 0.717) is 24.3 Å². The number of sulfonamides is 1. The van der Waals surface area contributed by atoms with Crippen LogP contribution in [0.15, 0.2) is 53.6 Å². The summed E-state index contributed by atoms with van der Waals surface area (Å²) < 4.78 is 26.7. The first-order valence-corrected chi connectivity index (χ1v) is 8.40. The topological polar surface area (TPSA) is 87.6 Å². The lowest BCUT2D eigenvalue weighted by molar-refractivity contribution is -0.131. The Bertz CT molecular complexity index is 876. The Morgan fingerprint density at radius 2 is 2.00 bits per heavy atom. The zero-order valence-electron chi connectivity index (χ0n) is 12.1. The first kappa shape index (κ1) is 15.2. The first-order valence-electron chi connectivity index (χ1n) is 6.96. The molecule has 0 bridgehead atoms. The van der Waals surface area contributed by atoms with E-state index in [4.69, 9.17) is 5.11 Å². The molecule has 1 aromatic carbocycles. The Labute approximate surface area is 133 Å². The quantitative estimate of drug-likeness (QED) is 0.866. The molecule has 1 aliphatic rings. The van der Waals surface area contributed by atoms with Crippen LogP contribution in [0.2, 0.25) is 0 Å². The molecule has 0 saturated heterocycles. The number of aromatic nitrogens is 1. The van der Waals surface area contributed by atoms with Crippen molar-refractivity contribution in [1.82, 2.24) is 4.98 Å². The van der Waals surface area contributed by atoms with Crippen LogP contribution in [0.3, 0.4) is 0 Å². The second kappa shape index (κ2) is 5.85. The van der Waals surface area contributed by atoms with Crippen LogP contribution in [0.5, 0.6) is 0 Å². The van der Waals surface area contributed by atoms with Crippen LogP contribution >= 0.6 is 0 Å². The van der Waals surface area contributed by atoms with E-state index in [0.717, 1.165) is 11.6 Å². The summed E-state index contributed by atoms with van der Waals surface area (Å²) in [7, 11) is -3.63. The molecular weight excluding hydrogens is 316 g/mol. The number of rotatable bonds is 4. The van der Waals surface area contributed by atoms with Gasteiger partial charge in [0.05, 0.1) is 4.90 Å². The largest absolute Gasteiger partial charge is 0.478 e. The molecule has 0 radical (unpaired) electrons. The van der Waals surface area contributed by atoms with E-state index in [1.54, 1.807) is 36.4 Å². The van der Waals surface area contributed by atoms with E-state index in [1.807, 2.05) is 0 Å². The van der Waals surface area contributed by atoms with Gasteiger partial charge in [0, 0.05) is 18.8 Å². The SMILES string of the molecule is O=C(O)/C=C/c1cnc2c(c1)CCN2S(=O)(=O)c1ccccc1. The highest BCUT2D eigenvalue weighted by Gasteiger charge is 2.31. The van der Waals surface area contributed by atoms with Gasteiger partial charge in [0.25, 0.3) is 10.0 Å². The third kappa shape index (κ3) is 2.95. The lowest BCUT2D eigenvalue weighted by Crippen LogP contribution is -2.29. The highest BCUT2D eigenvalue weighted by molar-refractivity contribution is 7.92. The zero-order valence-corrected chi connectivity index (χ0v) is 12.9. The predicted molar refractivity (Wildman–Crippen MR) is 85.6 cm³/mol. The number of carboxylic acid groups (broad SMARTS) is 1. The first-order chi connectivity index (χ1) is 11.0. The Kier molecular flexibility index (Phi) is 3.87. The van der Waals surface area contributed by atoms with Gasteiger partial charge in [-0.1, -0.05) is 18.2 Å². The van der Waals surface area contributed by atoms with Crippen molar-refractivity contribution in [3.63, 3.8) is 0 Å². The Morgan fingerprint density at radius 1 is 1.26 bits per heavy atom. The van der Waals surface area contributed by atoms with Gasteiger partial charge >= 0.3 is 5.97 Å². The Balaban J connectivity index is 1.95. The smallest absolute Gasteiger partial charge is 0.328 e. The summed E-state index contributed by atoms with van der Waals surface area (Å²) in [5.74, 6) is -0.639. The number of hydrogen-bond donors (Lipinski definition) is 1. The van der Waals surface area contributed by atoms with Crippen LogP contribution < -0.4 is 4.31 Å². The average molecular weight is 330 g/mol. The van der Waals surface area contributed by atoms with Crippen LogP contribution in [0.25, 0.3) is 6.08 Å². The van der Waals surface area contributed by atoms with Gasteiger partial charge in [0.1, 0.15) is 5.82 Å². The summed E-state index contributed by atoms with van der Waals surface area (Å²) >= 11 is 0. The van der Waals surface area contributed by atoms with E-state index in [-0.39, 0.29) is 4.90 Å². The van der Waals surface area contributed by atoms with Gasteiger partial charge in [-0.2, -0.15) is 0 Å². The van der Waals surface area contributed by atoms with Gasteiger partial charge in [0.2, 0.25) is 0 Å². The molecule has 118 valence electrons. The lowest BCUT2D eigenvalue weighted by atomic mass is 10.1. The van der Waals surface area contributed by atoms with Crippen molar-refractivity contribution in [3.05, 3.63) is 59.8 Å². The molecule has 0 fully saturated rings. The zero-order chi connectivity index (χ0) is 16.4. The number of pyridine rings is 1. The fraction of sp³-hybridized carbons (Fsp3) is 0.125. The number of anilines is 1. The number of benzene rings is 1. The maximum atomic E-state index is 12.7. The normalized spacial score (nSPS) is 14.2. The minimum Gasteiger partial charge on any atom is -0.478 e. The van der Waals surface area contributed by atoms with Crippen LogP contribution in [0.1, 0.15) is 11.1 Å². The maximum Gasteiger partial charge on any atom is 0.328 e. The van der Waals surface area contributed by atoms with E-state index >= 15 is 0 Å². The molecule has 23 heavy (non-hydrogen) atoms. The number of carboxylic acids is 1. The van der Waals surface area contributed by atoms with Crippen LogP contribution in [0.4, 0.5) is 5.82 Å². The second-order valence-electron chi connectivity index (χ2n) is 5.06. The van der Waals surface area contributed by atoms with Gasteiger partial charge in [0.15, 0.2) is 0 Å². The van der Waals surface area contributed by atoms with Crippen molar-refractivity contribution in [2.75, 3.05) is 10.8 Å². The Morgan fingerprint density at radius 3 is 2.70 bits per heavy atom. The third-order valence-electron chi connectivity index (χ3n) is 3.53. The number of nitrogens with zero attached hydrogens (tertiary/aromatic N) is 2. The highest BCUT2D eigenvalue weighted by Crippen LogP contribution is 2.31. The summed E-state index contributed by atoms with van der Waals surface area (Å²) in [6, 6.07) is 9.99. The highest BCUT2D eigenvalue weighted by atomic mass is 32.2.